The van der Waals surface area contributed by atoms with Gasteiger partial charge in [0.2, 0.25) is 23.6 Å². The summed E-state index contributed by atoms with van der Waals surface area (Å²) < 4.78 is 47.0. The quantitative estimate of drug-likeness (QED) is 0.456. The second-order valence-corrected chi connectivity index (χ2v) is 8.36. The molecule has 0 spiro atoms. The molecule has 4 aromatic rings. The SMILES string of the molecule is Nc1nc(N2CCC[C@H]2C(=O)N2CCn3nc(C(F)(F)F)cc3C2)nc2nc(-c3ccco3)nn12. The molecule has 15 heteroatoms. The minimum absolute atomic E-state index is 0.0466. The number of aromatic nitrogens is 7. The molecule has 182 valence electrons. The summed E-state index contributed by atoms with van der Waals surface area (Å²) in [6.07, 6.45) is -1.75. The van der Waals surface area contributed by atoms with E-state index in [0.717, 1.165) is 12.5 Å². The number of furan rings is 1. The molecular formula is C20H19F3N10O2. The van der Waals surface area contributed by atoms with E-state index in [0.29, 0.717) is 30.2 Å². The zero-order chi connectivity index (χ0) is 24.3. The first-order chi connectivity index (χ1) is 16.8. The first-order valence-electron chi connectivity index (χ1n) is 10.9. The molecular weight excluding hydrogens is 469 g/mol. The molecule has 0 unspecified atom stereocenters. The van der Waals surface area contributed by atoms with Crippen LogP contribution in [0.2, 0.25) is 0 Å². The number of alkyl halides is 3. The lowest BCUT2D eigenvalue weighted by atomic mass is 10.1. The van der Waals surface area contributed by atoms with Gasteiger partial charge in [0, 0.05) is 13.1 Å². The molecule has 1 amide bonds. The van der Waals surface area contributed by atoms with Gasteiger partial charge in [0.05, 0.1) is 25.0 Å². The maximum atomic E-state index is 13.4. The summed E-state index contributed by atoms with van der Waals surface area (Å²) in [5, 5.41) is 7.89. The molecule has 2 aliphatic rings. The van der Waals surface area contributed by atoms with E-state index in [4.69, 9.17) is 10.2 Å². The van der Waals surface area contributed by atoms with E-state index >= 15 is 0 Å². The molecule has 1 saturated heterocycles. The van der Waals surface area contributed by atoms with Crippen molar-refractivity contribution in [2.45, 2.75) is 38.1 Å². The Bertz CT molecular complexity index is 1410. The fourth-order valence-electron chi connectivity index (χ4n) is 4.50. The van der Waals surface area contributed by atoms with Crippen molar-refractivity contribution in [2.75, 3.05) is 23.7 Å². The first kappa shape index (κ1) is 21.4. The number of anilines is 2. The maximum absolute atomic E-state index is 13.4. The van der Waals surface area contributed by atoms with E-state index in [1.54, 1.807) is 21.9 Å². The molecule has 0 saturated carbocycles. The smallest absolute Gasteiger partial charge is 0.435 e. The van der Waals surface area contributed by atoms with Gasteiger partial charge in [-0.05, 0) is 31.0 Å². The monoisotopic (exact) mass is 488 g/mol. The average Bonchev–Trinajstić information content (AvgIpc) is 3.62. The minimum atomic E-state index is -4.53. The average molecular weight is 488 g/mol. The van der Waals surface area contributed by atoms with Gasteiger partial charge in [0.15, 0.2) is 11.5 Å². The van der Waals surface area contributed by atoms with Crippen LogP contribution in [0.1, 0.15) is 24.2 Å². The van der Waals surface area contributed by atoms with Crippen molar-refractivity contribution in [1.29, 1.82) is 0 Å². The molecule has 12 nitrogen and oxygen atoms in total. The van der Waals surface area contributed by atoms with Gasteiger partial charge in [0.1, 0.15) is 6.04 Å². The third-order valence-corrected chi connectivity index (χ3v) is 6.16. The van der Waals surface area contributed by atoms with Crippen LogP contribution in [-0.2, 0) is 24.1 Å². The number of hydrogen-bond acceptors (Lipinski definition) is 9. The van der Waals surface area contributed by atoms with Crippen LogP contribution in [0, 0.1) is 0 Å². The highest BCUT2D eigenvalue weighted by Gasteiger charge is 2.39. The highest BCUT2D eigenvalue weighted by atomic mass is 19.4. The molecule has 0 aliphatic carbocycles. The zero-order valence-corrected chi connectivity index (χ0v) is 18.2. The number of fused-ring (bicyclic) bond motifs is 2. The van der Waals surface area contributed by atoms with Gasteiger partial charge in [-0.15, -0.1) is 5.10 Å². The summed E-state index contributed by atoms with van der Waals surface area (Å²) in [4.78, 5) is 29.9. The van der Waals surface area contributed by atoms with E-state index < -0.39 is 17.9 Å². The lowest BCUT2D eigenvalue weighted by Gasteiger charge is -2.32. The predicted octanol–water partition coefficient (Wildman–Crippen LogP) is 1.59. The summed E-state index contributed by atoms with van der Waals surface area (Å²) in [6, 6.07) is 3.84. The second kappa shape index (κ2) is 7.68. The summed E-state index contributed by atoms with van der Waals surface area (Å²) in [5.41, 5.74) is 5.49. The van der Waals surface area contributed by atoms with Crippen LogP contribution in [0.25, 0.3) is 17.4 Å². The van der Waals surface area contributed by atoms with Crippen molar-refractivity contribution in [2.24, 2.45) is 0 Å². The molecule has 0 radical (unpaired) electrons. The Kier molecular flexibility index (Phi) is 4.69. The Morgan fingerprint density at radius 1 is 1.14 bits per heavy atom. The van der Waals surface area contributed by atoms with Gasteiger partial charge < -0.3 is 20.0 Å². The predicted molar refractivity (Wildman–Crippen MR) is 114 cm³/mol. The molecule has 1 atom stereocenters. The Hall–Kier alpha value is -4.17. The lowest BCUT2D eigenvalue weighted by molar-refractivity contribution is -0.141. The van der Waals surface area contributed by atoms with E-state index in [9.17, 15) is 18.0 Å². The van der Waals surface area contributed by atoms with Crippen molar-refractivity contribution >= 4 is 23.6 Å². The number of halogens is 3. The van der Waals surface area contributed by atoms with E-state index in [-0.39, 0.29) is 43.2 Å². The summed E-state index contributed by atoms with van der Waals surface area (Å²) in [5.74, 6) is 1.04. The number of nitrogens with zero attached hydrogens (tertiary/aromatic N) is 9. The van der Waals surface area contributed by atoms with Crippen molar-refractivity contribution in [1.82, 2.24) is 39.2 Å². The van der Waals surface area contributed by atoms with Crippen molar-refractivity contribution < 1.29 is 22.4 Å². The van der Waals surface area contributed by atoms with E-state index in [2.05, 4.69) is 25.1 Å². The largest absolute Gasteiger partial charge is 0.461 e. The Morgan fingerprint density at radius 3 is 2.77 bits per heavy atom. The van der Waals surface area contributed by atoms with E-state index in [1.165, 1.54) is 15.5 Å². The summed E-state index contributed by atoms with van der Waals surface area (Å²) in [6.45, 7) is 1.02. The van der Waals surface area contributed by atoms with Crippen molar-refractivity contribution in [3.63, 3.8) is 0 Å². The fourth-order valence-corrected chi connectivity index (χ4v) is 4.50. The molecule has 2 aliphatic heterocycles. The van der Waals surface area contributed by atoms with Crippen LogP contribution in [0.3, 0.4) is 0 Å². The van der Waals surface area contributed by atoms with Gasteiger partial charge in [-0.1, -0.05) is 0 Å². The normalized spacial score (nSPS) is 18.4. The Balaban J connectivity index is 1.25. The number of hydrogen-bond donors (Lipinski definition) is 1. The van der Waals surface area contributed by atoms with Gasteiger partial charge in [-0.3, -0.25) is 9.48 Å². The van der Waals surface area contributed by atoms with Gasteiger partial charge >= 0.3 is 6.18 Å². The molecule has 0 bridgehead atoms. The highest BCUT2D eigenvalue weighted by molar-refractivity contribution is 5.85. The number of amides is 1. The topological polar surface area (TPSA) is 136 Å². The Labute approximate surface area is 195 Å². The molecule has 2 N–H and O–H groups in total. The molecule has 6 heterocycles. The van der Waals surface area contributed by atoms with Crippen LogP contribution < -0.4 is 10.6 Å². The number of nitrogens with two attached hydrogens (primary N) is 1. The van der Waals surface area contributed by atoms with Gasteiger partial charge in [-0.2, -0.15) is 37.7 Å². The Morgan fingerprint density at radius 2 is 2.00 bits per heavy atom. The molecule has 1 fully saturated rings. The van der Waals surface area contributed by atoms with Crippen LogP contribution in [0.15, 0.2) is 28.9 Å². The van der Waals surface area contributed by atoms with Crippen molar-refractivity contribution in [3.8, 4) is 11.6 Å². The molecule has 0 aromatic carbocycles. The number of carbonyl (C=O) groups is 1. The van der Waals surface area contributed by atoms with E-state index in [1.807, 2.05) is 0 Å². The van der Waals surface area contributed by atoms with Gasteiger partial charge in [0.25, 0.3) is 5.78 Å². The summed E-state index contributed by atoms with van der Waals surface area (Å²) >= 11 is 0. The van der Waals surface area contributed by atoms with Crippen LogP contribution in [0.4, 0.5) is 25.1 Å². The standard InChI is InChI=1S/C20H19F3N10O2/c21-20(22,23)14-9-11-10-30(6-7-32(11)28-14)16(34)12-3-1-5-31(12)18-26-17(24)33-19(27-18)25-15(29-33)13-4-2-8-35-13/h2,4,8-9,12H,1,3,5-7,10H2,(H2,24,25,26,27,29)/t12-/m0/s1. The molecule has 35 heavy (non-hydrogen) atoms. The second-order valence-electron chi connectivity index (χ2n) is 8.36. The highest BCUT2D eigenvalue weighted by Crippen LogP contribution is 2.31. The lowest BCUT2D eigenvalue weighted by Crippen LogP contribution is -2.48. The fraction of sp³-hybridized carbons (Fsp3) is 0.400. The van der Waals surface area contributed by atoms with Crippen LogP contribution in [0.5, 0.6) is 0 Å². The maximum Gasteiger partial charge on any atom is 0.435 e. The van der Waals surface area contributed by atoms with Gasteiger partial charge in [-0.25, -0.2) is 0 Å². The number of rotatable bonds is 3. The number of carbonyl (C=O) groups excluding carboxylic acids is 1. The molecule has 6 rings (SSSR count). The third-order valence-electron chi connectivity index (χ3n) is 6.16. The first-order valence-corrected chi connectivity index (χ1v) is 10.9. The number of nitrogen functional groups attached to an aromatic ring is 1. The molecule has 4 aromatic heterocycles. The van der Waals surface area contributed by atoms with Crippen molar-refractivity contribution in [3.05, 3.63) is 35.9 Å². The minimum Gasteiger partial charge on any atom is -0.461 e. The zero-order valence-electron chi connectivity index (χ0n) is 18.2. The third kappa shape index (κ3) is 3.63. The van der Waals surface area contributed by atoms with Crippen LogP contribution >= 0.6 is 0 Å². The summed E-state index contributed by atoms with van der Waals surface area (Å²) in [7, 11) is 0. The van der Waals surface area contributed by atoms with Crippen LogP contribution in [-0.4, -0.2) is 64.3 Å².